The number of hydrogen-bond donors (Lipinski definition) is 1. The maximum atomic E-state index is 10.6. The first-order valence-corrected chi connectivity index (χ1v) is 7.21. The van der Waals surface area contributed by atoms with E-state index >= 15 is 0 Å². The number of para-hydroxylation sites is 1. The summed E-state index contributed by atoms with van der Waals surface area (Å²) in [5, 5.41) is 11.6. The zero-order chi connectivity index (χ0) is 15.0. The molecule has 0 aliphatic carbocycles. The van der Waals surface area contributed by atoms with Gasteiger partial charge in [0.25, 0.3) is 0 Å². The van der Waals surface area contributed by atoms with Crippen LogP contribution in [0.2, 0.25) is 0 Å². The minimum atomic E-state index is -0.664. The number of aliphatic hydroxyl groups excluding tert-OH is 1. The maximum absolute atomic E-state index is 10.6. The van der Waals surface area contributed by atoms with Gasteiger partial charge in [-0.25, -0.2) is 0 Å². The van der Waals surface area contributed by atoms with E-state index in [4.69, 9.17) is 4.42 Å². The molecule has 1 unspecified atom stereocenters. The molecule has 3 rings (SSSR count). The SMILES string of the molecule is CC(C)(C)c1ccc(C(O)c2coc3ccccc23)cc1. The van der Waals surface area contributed by atoms with E-state index in [9.17, 15) is 5.11 Å². The minimum absolute atomic E-state index is 0.117. The van der Waals surface area contributed by atoms with Crippen molar-refractivity contribution in [2.45, 2.75) is 32.3 Å². The topological polar surface area (TPSA) is 33.4 Å². The lowest BCUT2D eigenvalue weighted by Gasteiger charge is -2.20. The van der Waals surface area contributed by atoms with Crippen LogP contribution in [0.25, 0.3) is 11.0 Å². The van der Waals surface area contributed by atoms with Crippen LogP contribution < -0.4 is 0 Å². The lowest BCUT2D eigenvalue weighted by atomic mass is 9.86. The molecule has 0 radical (unpaired) electrons. The number of rotatable bonds is 2. The van der Waals surface area contributed by atoms with Gasteiger partial charge in [-0.1, -0.05) is 63.2 Å². The highest BCUT2D eigenvalue weighted by Crippen LogP contribution is 2.31. The highest BCUT2D eigenvalue weighted by Gasteiger charge is 2.18. The summed E-state index contributed by atoms with van der Waals surface area (Å²) in [6, 6.07) is 15.9. The Hall–Kier alpha value is -2.06. The van der Waals surface area contributed by atoms with Crippen LogP contribution in [0.5, 0.6) is 0 Å². The molecule has 1 N–H and O–H groups in total. The monoisotopic (exact) mass is 280 g/mol. The standard InChI is InChI=1S/C19H20O2/c1-19(2,3)14-10-8-13(9-11-14)18(20)16-12-21-17-7-5-4-6-15(16)17/h4-12,18,20H,1-3H3. The van der Waals surface area contributed by atoms with Crippen molar-refractivity contribution in [3.63, 3.8) is 0 Å². The second-order valence-electron chi connectivity index (χ2n) is 6.46. The average molecular weight is 280 g/mol. The van der Waals surface area contributed by atoms with E-state index in [0.29, 0.717) is 0 Å². The third kappa shape index (κ3) is 2.59. The van der Waals surface area contributed by atoms with Crippen molar-refractivity contribution < 1.29 is 9.52 Å². The Balaban J connectivity index is 1.97. The molecule has 0 saturated carbocycles. The summed E-state index contributed by atoms with van der Waals surface area (Å²) < 4.78 is 5.51. The van der Waals surface area contributed by atoms with E-state index in [2.05, 4.69) is 32.9 Å². The van der Waals surface area contributed by atoms with E-state index in [1.54, 1.807) is 6.26 Å². The van der Waals surface area contributed by atoms with Crippen LogP contribution in [0.15, 0.2) is 59.2 Å². The van der Waals surface area contributed by atoms with Gasteiger partial charge in [-0.05, 0) is 22.6 Å². The predicted molar refractivity (Wildman–Crippen MR) is 85.4 cm³/mol. The highest BCUT2D eigenvalue weighted by atomic mass is 16.3. The number of furan rings is 1. The predicted octanol–water partition coefficient (Wildman–Crippen LogP) is 4.81. The quantitative estimate of drug-likeness (QED) is 0.730. The molecule has 0 aliphatic heterocycles. The third-order valence-corrected chi connectivity index (χ3v) is 3.90. The summed E-state index contributed by atoms with van der Waals surface area (Å²) >= 11 is 0. The van der Waals surface area contributed by atoms with Gasteiger partial charge < -0.3 is 9.52 Å². The smallest absolute Gasteiger partial charge is 0.134 e. The summed E-state index contributed by atoms with van der Waals surface area (Å²) in [5.74, 6) is 0. The van der Waals surface area contributed by atoms with Gasteiger partial charge in [0.1, 0.15) is 11.7 Å². The molecule has 2 heteroatoms. The van der Waals surface area contributed by atoms with Crippen molar-refractivity contribution in [3.8, 4) is 0 Å². The van der Waals surface area contributed by atoms with Gasteiger partial charge >= 0.3 is 0 Å². The Morgan fingerprint density at radius 1 is 0.952 bits per heavy atom. The van der Waals surface area contributed by atoms with Crippen molar-refractivity contribution in [1.29, 1.82) is 0 Å². The molecule has 108 valence electrons. The van der Waals surface area contributed by atoms with Gasteiger partial charge in [0.05, 0.1) is 6.26 Å². The van der Waals surface area contributed by atoms with E-state index in [1.807, 2.05) is 36.4 Å². The molecular weight excluding hydrogens is 260 g/mol. The van der Waals surface area contributed by atoms with Gasteiger partial charge in [-0.2, -0.15) is 0 Å². The van der Waals surface area contributed by atoms with Crippen molar-refractivity contribution in [2.24, 2.45) is 0 Å². The molecule has 0 spiro atoms. The first kappa shape index (κ1) is 13.9. The largest absolute Gasteiger partial charge is 0.464 e. The van der Waals surface area contributed by atoms with Crippen molar-refractivity contribution in [3.05, 3.63) is 71.5 Å². The highest BCUT2D eigenvalue weighted by molar-refractivity contribution is 5.81. The minimum Gasteiger partial charge on any atom is -0.464 e. The molecule has 1 heterocycles. The molecular formula is C19H20O2. The normalized spacial score (nSPS) is 13.5. The fraction of sp³-hybridized carbons (Fsp3) is 0.263. The molecule has 1 atom stereocenters. The second kappa shape index (κ2) is 5.05. The molecule has 3 aromatic rings. The van der Waals surface area contributed by atoms with Crippen LogP contribution in [0.3, 0.4) is 0 Å². The summed E-state index contributed by atoms with van der Waals surface area (Å²) in [7, 11) is 0. The van der Waals surface area contributed by atoms with E-state index in [-0.39, 0.29) is 5.41 Å². The van der Waals surface area contributed by atoms with Crippen LogP contribution in [-0.2, 0) is 5.41 Å². The van der Waals surface area contributed by atoms with Crippen molar-refractivity contribution in [1.82, 2.24) is 0 Å². The number of fused-ring (bicyclic) bond motifs is 1. The van der Waals surface area contributed by atoms with Crippen LogP contribution in [0.1, 0.15) is 43.6 Å². The zero-order valence-corrected chi connectivity index (χ0v) is 12.6. The molecule has 0 fully saturated rings. The molecule has 0 saturated heterocycles. The lowest BCUT2D eigenvalue weighted by Crippen LogP contribution is -2.11. The molecule has 0 aliphatic rings. The maximum Gasteiger partial charge on any atom is 0.134 e. The van der Waals surface area contributed by atoms with Gasteiger partial charge in [0.2, 0.25) is 0 Å². The summed E-state index contributed by atoms with van der Waals surface area (Å²) in [6.45, 7) is 6.55. The molecule has 2 aromatic carbocycles. The summed E-state index contributed by atoms with van der Waals surface area (Å²) in [5.41, 5.74) is 3.88. The fourth-order valence-corrected chi connectivity index (χ4v) is 2.56. The van der Waals surface area contributed by atoms with E-state index in [0.717, 1.165) is 22.1 Å². The van der Waals surface area contributed by atoms with Crippen LogP contribution in [0, 0.1) is 0 Å². The fourth-order valence-electron chi connectivity index (χ4n) is 2.56. The first-order valence-electron chi connectivity index (χ1n) is 7.21. The Kier molecular flexibility index (Phi) is 3.34. The zero-order valence-electron chi connectivity index (χ0n) is 12.6. The Bertz CT molecular complexity index is 745. The van der Waals surface area contributed by atoms with E-state index < -0.39 is 6.10 Å². The summed E-state index contributed by atoms with van der Waals surface area (Å²) in [4.78, 5) is 0. The molecule has 2 nitrogen and oxygen atoms in total. The van der Waals surface area contributed by atoms with Crippen molar-refractivity contribution in [2.75, 3.05) is 0 Å². The van der Waals surface area contributed by atoms with Crippen LogP contribution in [0.4, 0.5) is 0 Å². The Labute approximate surface area is 125 Å². The number of hydrogen-bond acceptors (Lipinski definition) is 2. The van der Waals surface area contributed by atoms with E-state index in [1.165, 1.54) is 5.56 Å². The Morgan fingerprint density at radius 3 is 2.29 bits per heavy atom. The first-order chi connectivity index (χ1) is 9.97. The Morgan fingerprint density at radius 2 is 1.62 bits per heavy atom. The van der Waals surface area contributed by atoms with Crippen LogP contribution >= 0.6 is 0 Å². The van der Waals surface area contributed by atoms with Gasteiger partial charge in [-0.15, -0.1) is 0 Å². The van der Waals surface area contributed by atoms with Gasteiger partial charge in [-0.3, -0.25) is 0 Å². The third-order valence-electron chi connectivity index (χ3n) is 3.90. The number of aliphatic hydroxyl groups is 1. The molecule has 21 heavy (non-hydrogen) atoms. The molecule has 0 bridgehead atoms. The van der Waals surface area contributed by atoms with Gasteiger partial charge in [0.15, 0.2) is 0 Å². The summed E-state index contributed by atoms with van der Waals surface area (Å²) in [6.07, 6.45) is 0.982. The molecule has 0 amide bonds. The average Bonchev–Trinajstić information content (AvgIpc) is 2.90. The second-order valence-corrected chi connectivity index (χ2v) is 6.46. The number of benzene rings is 2. The van der Waals surface area contributed by atoms with Gasteiger partial charge in [0, 0.05) is 10.9 Å². The molecule has 1 aromatic heterocycles. The van der Waals surface area contributed by atoms with Crippen LogP contribution in [-0.4, -0.2) is 5.11 Å². The van der Waals surface area contributed by atoms with Crippen molar-refractivity contribution >= 4 is 11.0 Å². The lowest BCUT2D eigenvalue weighted by molar-refractivity contribution is 0.220.